The first-order valence-corrected chi connectivity index (χ1v) is 6.86. The number of nitrogens with zero attached hydrogens (tertiary/aromatic N) is 2. The quantitative estimate of drug-likeness (QED) is 0.869. The Morgan fingerprint density at radius 3 is 2.85 bits per heavy atom. The summed E-state index contributed by atoms with van der Waals surface area (Å²) in [7, 11) is 1.56. The van der Waals surface area contributed by atoms with Gasteiger partial charge in [0.2, 0.25) is 0 Å². The largest absolute Gasteiger partial charge is 0.495 e. The topological polar surface area (TPSA) is 57.9 Å². The number of pyridine rings is 1. The first-order chi connectivity index (χ1) is 9.63. The number of rotatable bonds is 4. The minimum absolute atomic E-state index is 0.539. The molecule has 0 unspecified atom stereocenters. The van der Waals surface area contributed by atoms with Crippen LogP contribution in [-0.4, -0.2) is 12.1 Å². The van der Waals surface area contributed by atoms with Gasteiger partial charge in [-0.3, -0.25) is 0 Å². The van der Waals surface area contributed by atoms with Crippen LogP contribution >= 0.6 is 15.9 Å². The second-order valence-electron chi connectivity index (χ2n) is 4.33. The first kappa shape index (κ1) is 14.4. The molecule has 0 bridgehead atoms. The number of methoxy groups -OCH3 is 1. The molecule has 0 aliphatic rings. The molecule has 5 heteroatoms. The molecule has 0 spiro atoms. The summed E-state index contributed by atoms with van der Waals surface area (Å²) in [6, 6.07) is 9.72. The van der Waals surface area contributed by atoms with Crippen LogP contribution in [0.2, 0.25) is 0 Å². The van der Waals surface area contributed by atoms with Crippen molar-refractivity contribution < 1.29 is 4.74 Å². The summed E-state index contributed by atoms with van der Waals surface area (Å²) in [5.41, 5.74) is 3.57. The van der Waals surface area contributed by atoms with Crippen LogP contribution in [0.15, 0.2) is 35.1 Å². The van der Waals surface area contributed by atoms with E-state index in [-0.39, 0.29) is 0 Å². The van der Waals surface area contributed by atoms with Gasteiger partial charge in [0.25, 0.3) is 0 Å². The lowest BCUT2D eigenvalue weighted by Gasteiger charge is -2.09. The Kier molecular flexibility index (Phi) is 4.59. The number of nitriles is 1. The predicted octanol–water partition coefficient (Wildman–Crippen LogP) is 3.64. The van der Waals surface area contributed by atoms with Gasteiger partial charge in [-0.25, -0.2) is 4.98 Å². The highest BCUT2D eigenvalue weighted by Crippen LogP contribution is 2.20. The Labute approximate surface area is 126 Å². The van der Waals surface area contributed by atoms with Crippen molar-refractivity contribution >= 4 is 21.6 Å². The fraction of sp³-hybridized carbons (Fsp3) is 0.200. The fourth-order valence-corrected chi connectivity index (χ4v) is 2.03. The smallest absolute Gasteiger partial charge is 0.136 e. The average molecular weight is 332 g/mol. The number of benzene rings is 1. The van der Waals surface area contributed by atoms with Crippen molar-refractivity contribution in [2.75, 3.05) is 12.4 Å². The minimum Gasteiger partial charge on any atom is -0.495 e. The number of aryl methyl sites for hydroxylation is 1. The summed E-state index contributed by atoms with van der Waals surface area (Å²) < 4.78 is 5.97. The molecule has 0 aliphatic heterocycles. The molecule has 0 saturated heterocycles. The number of halogens is 1. The third kappa shape index (κ3) is 3.28. The van der Waals surface area contributed by atoms with E-state index >= 15 is 0 Å². The maximum absolute atomic E-state index is 9.06. The summed E-state index contributed by atoms with van der Waals surface area (Å²) in [6.45, 7) is 2.62. The number of hydrogen-bond donors (Lipinski definition) is 1. The Morgan fingerprint density at radius 2 is 2.20 bits per heavy atom. The van der Waals surface area contributed by atoms with Crippen molar-refractivity contribution in [1.29, 1.82) is 5.26 Å². The summed E-state index contributed by atoms with van der Waals surface area (Å²) >= 11 is 3.37. The summed E-state index contributed by atoms with van der Waals surface area (Å²) in [5, 5.41) is 12.3. The molecule has 1 N–H and O–H groups in total. The summed E-state index contributed by atoms with van der Waals surface area (Å²) in [4.78, 5) is 4.23. The number of aromatic nitrogens is 1. The molecule has 0 aliphatic carbocycles. The number of ether oxygens (including phenoxy) is 1. The lowest BCUT2D eigenvalue weighted by molar-refractivity contribution is 0.413. The molecule has 0 amide bonds. The molecule has 102 valence electrons. The van der Waals surface area contributed by atoms with E-state index in [9.17, 15) is 0 Å². The van der Waals surface area contributed by atoms with Gasteiger partial charge in [-0.15, -0.1) is 0 Å². The van der Waals surface area contributed by atoms with E-state index in [1.54, 1.807) is 19.4 Å². The van der Waals surface area contributed by atoms with Crippen LogP contribution in [0.1, 0.15) is 16.7 Å². The zero-order chi connectivity index (χ0) is 14.5. The van der Waals surface area contributed by atoms with Crippen LogP contribution in [0.4, 0.5) is 5.69 Å². The van der Waals surface area contributed by atoms with Gasteiger partial charge in [0, 0.05) is 6.54 Å². The fourth-order valence-electron chi connectivity index (χ4n) is 1.81. The molecule has 0 fully saturated rings. The van der Waals surface area contributed by atoms with Gasteiger partial charge in [0.15, 0.2) is 0 Å². The average Bonchev–Trinajstić information content (AvgIpc) is 2.48. The van der Waals surface area contributed by atoms with Crippen LogP contribution < -0.4 is 10.1 Å². The van der Waals surface area contributed by atoms with Crippen molar-refractivity contribution in [3.8, 4) is 11.8 Å². The zero-order valence-corrected chi connectivity index (χ0v) is 12.9. The van der Waals surface area contributed by atoms with Gasteiger partial charge < -0.3 is 10.1 Å². The Balaban J connectivity index is 2.11. The zero-order valence-electron chi connectivity index (χ0n) is 11.3. The lowest BCUT2D eigenvalue weighted by Crippen LogP contribution is -2.01. The van der Waals surface area contributed by atoms with Crippen molar-refractivity contribution in [2.24, 2.45) is 0 Å². The van der Waals surface area contributed by atoms with Crippen LogP contribution in [0.5, 0.6) is 5.75 Å². The van der Waals surface area contributed by atoms with E-state index < -0.39 is 0 Å². The highest BCUT2D eigenvalue weighted by atomic mass is 79.9. The monoisotopic (exact) mass is 331 g/mol. The van der Waals surface area contributed by atoms with Gasteiger partial charge in [-0.2, -0.15) is 5.26 Å². The normalized spacial score (nSPS) is 9.90. The van der Waals surface area contributed by atoms with Crippen molar-refractivity contribution in [2.45, 2.75) is 13.5 Å². The molecular weight excluding hydrogens is 318 g/mol. The molecule has 4 nitrogen and oxygen atoms in total. The summed E-state index contributed by atoms with van der Waals surface area (Å²) in [6.07, 6.45) is 1.77. The molecule has 0 radical (unpaired) electrons. The van der Waals surface area contributed by atoms with Crippen molar-refractivity contribution in [1.82, 2.24) is 4.98 Å². The second kappa shape index (κ2) is 6.40. The van der Waals surface area contributed by atoms with E-state index in [0.29, 0.717) is 17.9 Å². The van der Waals surface area contributed by atoms with Crippen LogP contribution in [0, 0.1) is 18.3 Å². The van der Waals surface area contributed by atoms with Gasteiger partial charge in [-0.05, 0) is 52.2 Å². The van der Waals surface area contributed by atoms with E-state index in [2.05, 4.69) is 32.3 Å². The molecule has 0 atom stereocenters. The van der Waals surface area contributed by atoms with Gasteiger partial charge in [-0.1, -0.05) is 6.07 Å². The number of nitrogens with one attached hydrogen (secondary N) is 1. The predicted molar refractivity (Wildman–Crippen MR) is 81.7 cm³/mol. The van der Waals surface area contributed by atoms with Crippen molar-refractivity contribution in [3.63, 3.8) is 0 Å². The molecule has 20 heavy (non-hydrogen) atoms. The third-order valence-electron chi connectivity index (χ3n) is 2.90. The first-order valence-electron chi connectivity index (χ1n) is 6.07. The van der Waals surface area contributed by atoms with Crippen LogP contribution in [-0.2, 0) is 6.54 Å². The maximum atomic E-state index is 9.06. The van der Waals surface area contributed by atoms with Crippen LogP contribution in [0.3, 0.4) is 0 Å². The highest BCUT2D eigenvalue weighted by Gasteiger charge is 2.04. The van der Waals surface area contributed by atoms with E-state index in [4.69, 9.17) is 10.00 Å². The summed E-state index contributed by atoms with van der Waals surface area (Å²) in [5.74, 6) is 0.595. The lowest BCUT2D eigenvalue weighted by atomic mass is 10.1. The molecule has 2 aromatic rings. The molecule has 1 heterocycles. The SMILES string of the molecule is COc1ccc(CNc2cnc(Br)c(C)c2)cc1C#N. The van der Waals surface area contributed by atoms with Crippen molar-refractivity contribution in [3.05, 3.63) is 51.8 Å². The molecular formula is C15H14BrN3O. The molecule has 0 saturated carbocycles. The Morgan fingerprint density at radius 1 is 1.40 bits per heavy atom. The Bertz CT molecular complexity index is 665. The van der Waals surface area contributed by atoms with Gasteiger partial charge in [0.1, 0.15) is 16.4 Å². The molecule has 1 aromatic carbocycles. The van der Waals surface area contributed by atoms with E-state index in [1.165, 1.54) is 0 Å². The number of hydrogen-bond acceptors (Lipinski definition) is 4. The van der Waals surface area contributed by atoms with Gasteiger partial charge >= 0.3 is 0 Å². The molecule has 1 aromatic heterocycles. The minimum atomic E-state index is 0.539. The van der Waals surface area contributed by atoms with E-state index in [1.807, 2.05) is 25.1 Å². The standard InChI is InChI=1S/C15H14BrN3O/c1-10-5-13(9-19-15(10)16)18-8-11-3-4-14(20-2)12(6-11)7-17/h3-6,9,18H,8H2,1-2H3. The Hall–Kier alpha value is -2.06. The van der Waals surface area contributed by atoms with Crippen LogP contribution in [0.25, 0.3) is 0 Å². The third-order valence-corrected chi connectivity index (χ3v) is 3.73. The van der Waals surface area contributed by atoms with E-state index in [0.717, 1.165) is 21.4 Å². The second-order valence-corrected chi connectivity index (χ2v) is 5.08. The highest BCUT2D eigenvalue weighted by molar-refractivity contribution is 9.10. The molecule has 2 rings (SSSR count). The number of anilines is 1. The maximum Gasteiger partial charge on any atom is 0.136 e. The van der Waals surface area contributed by atoms with Gasteiger partial charge in [0.05, 0.1) is 24.6 Å².